The summed E-state index contributed by atoms with van der Waals surface area (Å²) in [6.45, 7) is -5.90. The summed E-state index contributed by atoms with van der Waals surface area (Å²) in [5.74, 6) is 0. The summed E-state index contributed by atoms with van der Waals surface area (Å²) >= 11 is 1.50. The van der Waals surface area contributed by atoms with Crippen LogP contribution in [0.5, 0.6) is 0 Å². The van der Waals surface area contributed by atoms with E-state index < -0.39 is 20.6 Å². The van der Waals surface area contributed by atoms with Crippen LogP contribution >= 0.6 is 32.0 Å². The minimum absolute atomic E-state index is 1.18. The molecule has 0 radical (unpaired) electrons. The first-order valence-corrected chi connectivity index (χ1v) is 25.1. The first-order chi connectivity index (χ1) is 27.3. The van der Waals surface area contributed by atoms with Crippen molar-refractivity contribution in [2.24, 2.45) is 0 Å². The fourth-order valence-corrected chi connectivity index (χ4v) is 32.9. The normalized spacial score (nSPS) is 11.7. The number of rotatable bonds is 11. The van der Waals surface area contributed by atoms with Crippen LogP contribution in [0.3, 0.4) is 0 Å². The smallest absolute Gasteiger partial charge is 0.181 e. The van der Waals surface area contributed by atoms with Crippen molar-refractivity contribution in [2.75, 3.05) is 0 Å². The highest BCUT2D eigenvalue weighted by molar-refractivity contribution is 8.79. The van der Waals surface area contributed by atoms with Gasteiger partial charge < -0.3 is 0 Å². The van der Waals surface area contributed by atoms with Gasteiger partial charge in [0.2, 0.25) is 11.2 Å². The monoisotopic (exact) mass is 779 g/mol. The zero-order chi connectivity index (χ0) is 37.4. The molecule has 0 aliphatic carbocycles. The van der Waals surface area contributed by atoms with Crippen molar-refractivity contribution in [1.29, 1.82) is 5.26 Å². The van der Waals surface area contributed by atoms with Gasteiger partial charge in [-0.3, -0.25) is 0 Å². The number of hydrogen-bond donors (Lipinski definition) is 0. The van der Waals surface area contributed by atoms with Gasteiger partial charge in [-0.2, -0.15) is 5.26 Å². The predicted octanol–water partition coefficient (Wildman–Crippen LogP) is 9.86. The van der Waals surface area contributed by atoms with E-state index in [1.54, 1.807) is 0 Å². The lowest BCUT2D eigenvalue weighted by molar-refractivity contribution is 1.57. The Bertz CT molecular complexity index is 2310. The summed E-state index contributed by atoms with van der Waals surface area (Å²) in [4.78, 5) is 0. The Morgan fingerprint density at radius 3 is 0.836 bits per heavy atom. The largest absolute Gasteiger partial charge is 0.245 e. The molecule has 0 N–H and O–H groups in total. The first-order valence-electron chi connectivity index (χ1n) is 18.4. The van der Waals surface area contributed by atoms with E-state index in [0.717, 1.165) is 0 Å². The van der Waals surface area contributed by atoms with Gasteiger partial charge in [-0.1, -0.05) is 182 Å². The van der Waals surface area contributed by atoms with Crippen LogP contribution in [0, 0.1) is 10.7 Å². The molecule has 0 saturated heterocycles. The molecule has 0 aromatic heterocycles. The summed E-state index contributed by atoms with van der Waals surface area (Å²) in [7, 11) is -2.92. The fourth-order valence-electron chi connectivity index (χ4n) is 8.01. The van der Waals surface area contributed by atoms with Gasteiger partial charge in [-0.15, -0.1) is 0 Å². The number of hydrogen-bond acceptors (Lipinski definition) is 2. The van der Waals surface area contributed by atoms with Crippen molar-refractivity contribution in [1.82, 2.24) is 0 Å². The number of nitriles is 1. The van der Waals surface area contributed by atoms with Crippen molar-refractivity contribution in [3.63, 3.8) is 0 Å². The van der Waals surface area contributed by atoms with Crippen LogP contribution in [0.1, 0.15) is 0 Å². The molecule has 0 aliphatic heterocycles. The van der Waals surface area contributed by atoms with Gasteiger partial charge in [0.05, 0.1) is 6.89 Å². The number of nitrogens with zero attached hydrogens (tertiary/aromatic N) is 1. The molecule has 264 valence electrons. The van der Waals surface area contributed by atoms with Crippen molar-refractivity contribution >= 4 is 79.2 Å². The first kappa shape index (κ1) is 36.7. The van der Waals surface area contributed by atoms with Crippen LogP contribution in [0.15, 0.2) is 243 Å². The predicted molar refractivity (Wildman–Crippen MR) is 248 cm³/mol. The lowest BCUT2D eigenvalue weighted by Gasteiger charge is -2.40. The van der Waals surface area contributed by atoms with E-state index in [9.17, 15) is 5.26 Å². The molecule has 0 unspecified atom stereocenters. The van der Waals surface area contributed by atoms with Gasteiger partial charge in [0, 0.05) is 0 Å². The van der Waals surface area contributed by atoms with Crippen molar-refractivity contribution < 1.29 is 0 Å². The summed E-state index contributed by atoms with van der Waals surface area (Å²) < 4.78 is 1.45. The zero-order valence-corrected chi connectivity index (χ0v) is 33.8. The van der Waals surface area contributed by atoms with Crippen LogP contribution in [0.4, 0.5) is 0 Å². The summed E-state index contributed by atoms with van der Waals surface area (Å²) in [5, 5.41) is 24.3. The topological polar surface area (TPSA) is 23.8 Å². The molecule has 8 aromatic carbocycles. The Kier molecular flexibility index (Phi) is 11.1. The van der Waals surface area contributed by atoms with Crippen LogP contribution < -0.4 is 42.4 Å². The second kappa shape index (κ2) is 16.6. The second-order valence-electron chi connectivity index (χ2n) is 13.1. The maximum absolute atomic E-state index is 11.5. The van der Waals surface area contributed by atoms with Crippen molar-refractivity contribution in [3.05, 3.63) is 243 Å². The Morgan fingerprint density at radius 2 is 0.582 bits per heavy atom. The molecule has 55 heavy (non-hydrogen) atoms. The van der Waals surface area contributed by atoms with Gasteiger partial charge in [0.1, 0.15) is 26.5 Å². The SMILES string of the molecule is N#CS[P+](C(=P(c1ccccc1)(c1ccccc1)c1ccccc1)[P+](c1ccccc1)(c1ccccc1)c1ccccc1)(c1ccccc1)c1ccccc1. The Labute approximate surface area is 330 Å². The summed E-state index contributed by atoms with van der Waals surface area (Å²) in [6, 6.07) is 89.4. The quantitative estimate of drug-likeness (QED) is 0.0965. The molecule has 0 fully saturated rings. The molecule has 0 aliphatic rings. The van der Waals surface area contributed by atoms with Gasteiger partial charge in [-0.05, 0) is 76.6 Å². The van der Waals surface area contributed by atoms with Gasteiger partial charge in [0.25, 0.3) is 0 Å². The fraction of sp³-hybridized carbons (Fsp3) is 0. The minimum atomic E-state index is -2.98. The molecular weight excluding hydrogens is 740 g/mol. The third-order valence-corrected chi connectivity index (χ3v) is 29.9. The molecule has 0 atom stereocenters. The third-order valence-electron chi connectivity index (χ3n) is 10.2. The maximum Gasteiger partial charge on any atom is 0.245 e. The van der Waals surface area contributed by atoms with Crippen LogP contribution in [0.25, 0.3) is 0 Å². The lowest BCUT2D eigenvalue weighted by Crippen LogP contribution is -2.44. The molecule has 8 aromatic rings. The van der Waals surface area contributed by atoms with E-state index in [0.29, 0.717) is 0 Å². The van der Waals surface area contributed by atoms with Crippen molar-refractivity contribution in [2.45, 2.75) is 0 Å². The molecule has 8 rings (SSSR count). The zero-order valence-electron chi connectivity index (χ0n) is 30.3. The second-order valence-corrected chi connectivity index (χ2v) is 26.1. The maximum atomic E-state index is 11.5. The van der Waals surface area contributed by atoms with E-state index in [-0.39, 0.29) is 0 Å². The van der Waals surface area contributed by atoms with Crippen LogP contribution in [-0.2, 0) is 0 Å². The Morgan fingerprint density at radius 1 is 0.345 bits per heavy atom. The summed E-state index contributed by atoms with van der Waals surface area (Å²) in [5.41, 5.74) is 0. The summed E-state index contributed by atoms with van der Waals surface area (Å²) in [6.07, 6.45) is 0. The molecule has 0 spiro atoms. The molecule has 5 heteroatoms. The van der Waals surface area contributed by atoms with Gasteiger partial charge in [-0.25, -0.2) is 0 Å². The highest BCUT2D eigenvalue weighted by Gasteiger charge is 2.70. The van der Waals surface area contributed by atoms with E-state index in [1.165, 1.54) is 58.6 Å². The third kappa shape index (κ3) is 6.43. The van der Waals surface area contributed by atoms with E-state index in [2.05, 4.69) is 248 Å². The van der Waals surface area contributed by atoms with Crippen LogP contribution in [0.2, 0.25) is 0 Å². The molecule has 0 amide bonds. The van der Waals surface area contributed by atoms with E-state index in [4.69, 9.17) is 0 Å². The molecule has 0 heterocycles. The number of thiocyanates is 1. The van der Waals surface area contributed by atoms with E-state index in [1.807, 2.05) is 0 Å². The Balaban J connectivity index is 1.85. The van der Waals surface area contributed by atoms with Gasteiger partial charge >= 0.3 is 0 Å². The lowest BCUT2D eigenvalue weighted by atomic mass is 10.4. The molecular formula is C50H40NP3S+2. The van der Waals surface area contributed by atoms with Crippen LogP contribution in [-0.4, -0.2) is 4.78 Å². The highest BCUT2D eigenvalue weighted by atomic mass is 32.7. The molecule has 0 saturated carbocycles. The minimum Gasteiger partial charge on any atom is -0.181 e. The van der Waals surface area contributed by atoms with Gasteiger partial charge in [0.15, 0.2) is 24.0 Å². The molecule has 1 nitrogen and oxygen atoms in total. The average molecular weight is 780 g/mol. The standard InChI is InChI=1S/C50H40NP3S/c51-41-55-54(48-37-21-7-22-38-48,49-39-23-8-24-40-49)50(52(42-25-9-1-10-26-42,43-27-11-2-12-28-43)44-29-13-3-14-30-44)53(45-31-15-4-16-32-45,46-33-17-5-18-34-46)47-35-19-6-20-36-47/h1-40H/q+2. The van der Waals surface area contributed by atoms with E-state index >= 15 is 0 Å². The van der Waals surface area contributed by atoms with Crippen molar-refractivity contribution in [3.8, 4) is 5.40 Å². The highest BCUT2D eigenvalue weighted by Crippen LogP contribution is 2.84. The number of benzene rings is 8. The Hall–Kier alpha value is -5.24. The molecule has 0 bridgehead atoms. The average Bonchev–Trinajstić information content (AvgIpc) is 3.28.